The molecule has 0 spiro atoms. The van der Waals surface area contributed by atoms with Crippen LogP contribution in [0.3, 0.4) is 0 Å². The fourth-order valence-electron chi connectivity index (χ4n) is 1.07. The van der Waals surface area contributed by atoms with Crippen LogP contribution in [0.2, 0.25) is 0 Å². The maximum absolute atomic E-state index is 11.7. The summed E-state index contributed by atoms with van der Waals surface area (Å²) in [4.78, 5) is 0. The van der Waals surface area contributed by atoms with E-state index in [0.717, 1.165) is 18.7 Å². The van der Waals surface area contributed by atoms with Crippen LogP contribution in [0.25, 0.3) is 0 Å². The molecule has 0 aromatic rings. The summed E-state index contributed by atoms with van der Waals surface area (Å²) >= 11 is 0. The molecule has 1 aliphatic rings. The van der Waals surface area contributed by atoms with Crippen molar-refractivity contribution in [2.45, 2.75) is 13.1 Å². The Morgan fingerprint density at radius 3 is 2.46 bits per heavy atom. The fourth-order valence-corrected chi connectivity index (χ4v) is 1.07. The number of nitrogens with one attached hydrogen (secondary N) is 2. The van der Waals surface area contributed by atoms with E-state index in [4.69, 9.17) is 0 Å². The third-order valence-electron chi connectivity index (χ3n) is 2.00. The van der Waals surface area contributed by atoms with Gasteiger partial charge in [0.05, 0.1) is 6.54 Å². The van der Waals surface area contributed by atoms with Crippen LogP contribution in [0.1, 0.15) is 6.92 Å². The maximum Gasteiger partial charge on any atom is 0.401 e. The normalized spacial score (nSPS) is 17.1. The summed E-state index contributed by atoms with van der Waals surface area (Å²) < 4.78 is 35.1. The van der Waals surface area contributed by atoms with Crippen molar-refractivity contribution in [3.05, 3.63) is 11.1 Å². The van der Waals surface area contributed by atoms with Crippen molar-refractivity contribution in [3.63, 3.8) is 0 Å². The summed E-state index contributed by atoms with van der Waals surface area (Å²) in [5.74, 6) is 0. The quantitative estimate of drug-likeness (QED) is 0.656. The summed E-state index contributed by atoms with van der Waals surface area (Å²) in [5, 5.41) is 5.40. The molecule has 0 amide bonds. The van der Waals surface area contributed by atoms with Crippen molar-refractivity contribution in [2.24, 2.45) is 0 Å². The maximum atomic E-state index is 11.7. The Morgan fingerprint density at radius 2 is 2.08 bits per heavy atom. The highest BCUT2D eigenvalue weighted by Crippen LogP contribution is 2.13. The number of alkyl halides is 3. The molecule has 5 heteroatoms. The predicted octanol–water partition coefficient (Wildman–Crippen LogP) is 1.06. The third-order valence-corrected chi connectivity index (χ3v) is 2.00. The lowest BCUT2D eigenvalue weighted by atomic mass is 10.0. The highest BCUT2D eigenvalue weighted by Gasteiger charge is 2.26. The van der Waals surface area contributed by atoms with E-state index in [9.17, 15) is 13.2 Å². The van der Waals surface area contributed by atoms with Crippen LogP contribution in [-0.2, 0) is 0 Å². The van der Waals surface area contributed by atoms with Crippen molar-refractivity contribution in [2.75, 3.05) is 26.2 Å². The van der Waals surface area contributed by atoms with Gasteiger partial charge in [0.1, 0.15) is 0 Å². The van der Waals surface area contributed by atoms with Gasteiger partial charge in [0.15, 0.2) is 0 Å². The van der Waals surface area contributed by atoms with Gasteiger partial charge in [-0.25, -0.2) is 0 Å². The average Bonchev–Trinajstić information content (AvgIpc) is 1.79. The summed E-state index contributed by atoms with van der Waals surface area (Å²) in [5.41, 5.74) is 2.23. The zero-order chi connectivity index (χ0) is 9.90. The van der Waals surface area contributed by atoms with Crippen LogP contribution in [0.4, 0.5) is 13.2 Å². The van der Waals surface area contributed by atoms with Crippen molar-refractivity contribution in [1.82, 2.24) is 10.6 Å². The van der Waals surface area contributed by atoms with E-state index in [0.29, 0.717) is 6.54 Å². The molecule has 13 heavy (non-hydrogen) atoms. The van der Waals surface area contributed by atoms with Gasteiger partial charge in [0, 0.05) is 19.6 Å². The number of hydrogen-bond donors (Lipinski definition) is 2. The minimum absolute atomic E-state index is 0.330. The molecule has 76 valence electrons. The van der Waals surface area contributed by atoms with E-state index < -0.39 is 12.7 Å². The van der Waals surface area contributed by atoms with Crippen LogP contribution in [0.5, 0.6) is 0 Å². The molecule has 0 aromatic heterocycles. The zero-order valence-corrected chi connectivity index (χ0v) is 7.46. The third kappa shape index (κ3) is 3.78. The molecule has 0 radical (unpaired) electrons. The van der Waals surface area contributed by atoms with Crippen LogP contribution >= 0.6 is 0 Å². The highest BCUT2D eigenvalue weighted by atomic mass is 19.4. The molecular weight excluding hydrogens is 181 g/mol. The lowest BCUT2D eigenvalue weighted by molar-refractivity contribution is -0.124. The predicted molar refractivity (Wildman–Crippen MR) is 44.5 cm³/mol. The molecule has 1 saturated heterocycles. The van der Waals surface area contributed by atoms with Crippen LogP contribution in [-0.4, -0.2) is 32.4 Å². The van der Waals surface area contributed by atoms with E-state index in [1.54, 1.807) is 0 Å². The molecule has 1 fully saturated rings. The molecule has 0 aromatic carbocycles. The summed E-state index contributed by atoms with van der Waals surface area (Å²) in [6.07, 6.45) is -4.11. The fraction of sp³-hybridized carbons (Fsp3) is 0.750. The second-order valence-corrected chi connectivity index (χ2v) is 3.21. The number of halogens is 3. The molecule has 2 N–H and O–H groups in total. The molecule has 1 rings (SSSR count). The first-order valence-corrected chi connectivity index (χ1v) is 4.15. The Kier molecular flexibility index (Phi) is 3.33. The van der Waals surface area contributed by atoms with Crippen LogP contribution in [0, 0.1) is 0 Å². The first kappa shape index (κ1) is 10.5. The molecule has 0 bridgehead atoms. The standard InChI is InChI=1S/C8H13F3N2/c1-6(7-3-12-4-7)2-13-5-8(9,10)11/h12-13H,2-5H2,1H3. The van der Waals surface area contributed by atoms with Crippen molar-refractivity contribution >= 4 is 0 Å². The van der Waals surface area contributed by atoms with Gasteiger partial charge in [-0.05, 0) is 12.5 Å². The van der Waals surface area contributed by atoms with Gasteiger partial charge in [0.25, 0.3) is 0 Å². The van der Waals surface area contributed by atoms with E-state index in [-0.39, 0.29) is 0 Å². The topological polar surface area (TPSA) is 24.1 Å². The number of rotatable bonds is 3. The Hall–Kier alpha value is -0.550. The van der Waals surface area contributed by atoms with Crippen LogP contribution in [0.15, 0.2) is 11.1 Å². The molecule has 0 aliphatic carbocycles. The van der Waals surface area contributed by atoms with Crippen molar-refractivity contribution in [1.29, 1.82) is 0 Å². The molecule has 0 saturated carbocycles. The Labute approximate surface area is 75.2 Å². The first-order valence-electron chi connectivity index (χ1n) is 4.15. The molecule has 0 atom stereocenters. The van der Waals surface area contributed by atoms with Crippen molar-refractivity contribution in [3.8, 4) is 0 Å². The molecule has 1 heterocycles. The van der Waals surface area contributed by atoms with Crippen LogP contribution < -0.4 is 10.6 Å². The van der Waals surface area contributed by atoms with Gasteiger partial charge in [-0.3, -0.25) is 0 Å². The zero-order valence-electron chi connectivity index (χ0n) is 7.46. The van der Waals surface area contributed by atoms with Gasteiger partial charge in [-0.2, -0.15) is 13.2 Å². The smallest absolute Gasteiger partial charge is 0.309 e. The first-order chi connectivity index (χ1) is 5.99. The van der Waals surface area contributed by atoms with Gasteiger partial charge < -0.3 is 10.6 Å². The van der Waals surface area contributed by atoms with E-state index >= 15 is 0 Å². The minimum Gasteiger partial charge on any atom is -0.309 e. The number of hydrogen-bond acceptors (Lipinski definition) is 2. The van der Waals surface area contributed by atoms with E-state index in [2.05, 4.69) is 10.6 Å². The minimum atomic E-state index is -4.11. The molecule has 2 nitrogen and oxygen atoms in total. The largest absolute Gasteiger partial charge is 0.401 e. The van der Waals surface area contributed by atoms with E-state index in [1.165, 1.54) is 5.57 Å². The van der Waals surface area contributed by atoms with Crippen molar-refractivity contribution < 1.29 is 13.2 Å². The second-order valence-electron chi connectivity index (χ2n) is 3.21. The van der Waals surface area contributed by atoms with E-state index in [1.807, 2.05) is 6.92 Å². The van der Waals surface area contributed by atoms with Gasteiger partial charge >= 0.3 is 6.18 Å². The lowest BCUT2D eigenvalue weighted by Gasteiger charge is -2.22. The highest BCUT2D eigenvalue weighted by molar-refractivity contribution is 5.22. The van der Waals surface area contributed by atoms with Gasteiger partial charge in [-0.15, -0.1) is 0 Å². The Balaban J connectivity index is 2.19. The monoisotopic (exact) mass is 194 g/mol. The second kappa shape index (κ2) is 4.11. The summed E-state index contributed by atoms with van der Waals surface area (Å²) in [7, 11) is 0. The molecular formula is C8H13F3N2. The van der Waals surface area contributed by atoms with Gasteiger partial charge in [-0.1, -0.05) is 5.57 Å². The van der Waals surface area contributed by atoms with Gasteiger partial charge in [0.2, 0.25) is 0 Å². The molecule has 0 unspecified atom stereocenters. The summed E-state index contributed by atoms with van der Waals surface area (Å²) in [6.45, 7) is 2.92. The Morgan fingerprint density at radius 1 is 1.46 bits per heavy atom. The SMILES string of the molecule is CC(CNCC(F)(F)F)=C1CNC1. The average molecular weight is 194 g/mol. The molecule has 1 aliphatic heterocycles. The Bertz CT molecular complexity index is 202. The lowest BCUT2D eigenvalue weighted by Crippen LogP contribution is -2.37. The summed E-state index contributed by atoms with van der Waals surface area (Å²) in [6, 6.07) is 0.